The number of carbonyl (C=O) groups excluding carboxylic acids is 2. The van der Waals surface area contributed by atoms with Crippen molar-refractivity contribution >= 4 is 29.2 Å². The predicted molar refractivity (Wildman–Crippen MR) is 97.7 cm³/mol. The third kappa shape index (κ3) is 5.37. The van der Waals surface area contributed by atoms with Crippen molar-refractivity contribution in [2.45, 2.75) is 19.6 Å². The predicted octanol–water partition coefficient (Wildman–Crippen LogP) is 1.65. The molecule has 1 saturated heterocycles. The van der Waals surface area contributed by atoms with Gasteiger partial charge in [-0.15, -0.1) is 6.58 Å². The van der Waals surface area contributed by atoms with Crippen LogP contribution in [0.5, 0.6) is 0 Å². The zero-order valence-electron chi connectivity index (χ0n) is 14.1. The molecule has 0 aromatic heterocycles. The largest absolute Gasteiger partial charge is 0.460 e. The number of esters is 1. The lowest BCUT2D eigenvalue weighted by Crippen LogP contribution is -2.61. The van der Waals surface area contributed by atoms with Gasteiger partial charge in [0, 0.05) is 13.1 Å². The van der Waals surface area contributed by atoms with Gasteiger partial charge in [-0.25, -0.2) is 4.79 Å². The molecule has 1 fully saturated rings. The summed E-state index contributed by atoms with van der Waals surface area (Å²) < 4.78 is 10.6. The Morgan fingerprint density at radius 1 is 1.48 bits per heavy atom. The van der Waals surface area contributed by atoms with Crippen LogP contribution in [0.1, 0.15) is 12.5 Å². The van der Waals surface area contributed by atoms with Gasteiger partial charge in [0.15, 0.2) is 5.11 Å². The summed E-state index contributed by atoms with van der Waals surface area (Å²) in [5.41, 5.74) is 0.980. The smallest absolute Gasteiger partial charge is 0.332 e. The maximum Gasteiger partial charge on any atom is 0.332 e. The number of thiocarbonyl (C=S) groups is 1. The molecule has 0 bridgehead atoms. The number of nitrogens with zero attached hydrogens (tertiary/aromatic N) is 1. The van der Waals surface area contributed by atoms with E-state index in [1.54, 1.807) is 13.0 Å². The Labute approximate surface area is 152 Å². The molecule has 0 saturated carbocycles. The zero-order valence-corrected chi connectivity index (χ0v) is 15.0. The van der Waals surface area contributed by atoms with Crippen molar-refractivity contribution in [1.82, 2.24) is 10.2 Å². The summed E-state index contributed by atoms with van der Waals surface area (Å²) in [7, 11) is 0. The Morgan fingerprint density at radius 2 is 2.20 bits per heavy atom. The molecular weight excluding hydrogens is 340 g/mol. The first-order valence-corrected chi connectivity index (χ1v) is 8.45. The molecule has 0 unspecified atom stereocenters. The monoisotopic (exact) mass is 362 g/mol. The van der Waals surface area contributed by atoms with Crippen LogP contribution in [0, 0.1) is 5.92 Å². The van der Waals surface area contributed by atoms with Gasteiger partial charge in [-0.05, 0) is 24.7 Å². The van der Waals surface area contributed by atoms with E-state index >= 15 is 0 Å². The first-order valence-electron chi connectivity index (χ1n) is 8.04. The molecule has 134 valence electrons. The fraction of sp³-hybridized carbons (Fsp3) is 0.389. The van der Waals surface area contributed by atoms with Crippen LogP contribution in [-0.2, 0) is 25.7 Å². The van der Waals surface area contributed by atoms with Gasteiger partial charge in [-0.1, -0.05) is 36.4 Å². The molecule has 0 spiro atoms. The second-order valence-electron chi connectivity index (χ2n) is 5.70. The molecule has 6 nitrogen and oxygen atoms in total. The van der Waals surface area contributed by atoms with E-state index in [4.69, 9.17) is 21.7 Å². The summed E-state index contributed by atoms with van der Waals surface area (Å²) in [6, 6.07) is 9.55. The number of hydrogen-bond donors (Lipinski definition) is 1. The van der Waals surface area contributed by atoms with Crippen molar-refractivity contribution < 1.29 is 19.1 Å². The highest BCUT2D eigenvalue weighted by Crippen LogP contribution is 2.23. The Morgan fingerprint density at radius 3 is 2.84 bits per heavy atom. The average molecular weight is 362 g/mol. The number of β-lactam (4-membered cyclic amide) rings is 1. The van der Waals surface area contributed by atoms with Crippen LogP contribution in [0.4, 0.5) is 0 Å². The summed E-state index contributed by atoms with van der Waals surface area (Å²) in [6.45, 7) is 6.40. The SMILES string of the molecule is C=CCNC(=S)N1C[C@@H]([C@@H](C)OC(=O)COCc2ccccc2)C1=O. The molecule has 0 radical (unpaired) electrons. The van der Waals surface area contributed by atoms with E-state index in [-0.39, 0.29) is 18.4 Å². The van der Waals surface area contributed by atoms with E-state index in [0.717, 1.165) is 5.56 Å². The van der Waals surface area contributed by atoms with Gasteiger partial charge in [-0.2, -0.15) is 0 Å². The average Bonchev–Trinajstić information content (AvgIpc) is 2.59. The maximum atomic E-state index is 12.1. The number of likely N-dealkylation sites (tertiary alicyclic amines) is 1. The van der Waals surface area contributed by atoms with Crippen LogP contribution in [0.15, 0.2) is 43.0 Å². The van der Waals surface area contributed by atoms with Gasteiger partial charge in [0.25, 0.3) is 0 Å². The Bertz CT molecular complexity index is 635. The number of hydrogen-bond acceptors (Lipinski definition) is 5. The van der Waals surface area contributed by atoms with E-state index in [9.17, 15) is 9.59 Å². The lowest BCUT2D eigenvalue weighted by atomic mass is 9.94. The van der Waals surface area contributed by atoms with Gasteiger partial charge in [0.2, 0.25) is 5.91 Å². The summed E-state index contributed by atoms with van der Waals surface area (Å²) in [4.78, 5) is 25.4. The fourth-order valence-corrected chi connectivity index (χ4v) is 2.64. The molecule has 2 atom stereocenters. The standard InChI is InChI=1S/C18H22N2O4S/c1-3-9-19-18(25)20-10-15(17(20)22)13(2)24-16(21)12-23-11-14-7-5-4-6-8-14/h3-8,13,15H,1,9-12H2,2H3,(H,19,25)/t13-,15+/m1/s1. The number of nitrogens with one attached hydrogen (secondary N) is 1. The molecular formula is C18H22N2O4S. The van der Waals surface area contributed by atoms with Gasteiger partial charge in [0.1, 0.15) is 12.7 Å². The Balaban J connectivity index is 1.68. The minimum Gasteiger partial charge on any atom is -0.460 e. The van der Waals surface area contributed by atoms with Crippen LogP contribution in [0.3, 0.4) is 0 Å². The van der Waals surface area contributed by atoms with E-state index in [1.165, 1.54) is 4.90 Å². The number of carbonyl (C=O) groups is 2. The second-order valence-corrected chi connectivity index (χ2v) is 6.09. The molecule has 1 heterocycles. The molecule has 7 heteroatoms. The first kappa shape index (κ1) is 19.1. The van der Waals surface area contributed by atoms with Gasteiger partial charge in [-0.3, -0.25) is 9.69 Å². The number of amides is 1. The fourth-order valence-electron chi connectivity index (χ4n) is 2.39. The third-order valence-corrected chi connectivity index (χ3v) is 4.19. The quantitative estimate of drug-likeness (QED) is 0.328. The highest BCUT2D eigenvalue weighted by molar-refractivity contribution is 7.80. The first-order chi connectivity index (χ1) is 12.0. The minimum atomic E-state index is -0.515. The molecule has 1 N–H and O–H groups in total. The van der Waals surface area contributed by atoms with E-state index in [0.29, 0.717) is 24.8 Å². The maximum absolute atomic E-state index is 12.1. The van der Waals surface area contributed by atoms with Gasteiger partial charge < -0.3 is 14.8 Å². The Hall–Kier alpha value is -2.25. The van der Waals surface area contributed by atoms with Crippen molar-refractivity contribution in [3.63, 3.8) is 0 Å². The highest BCUT2D eigenvalue weighted by atomic mass is 32.1. The van der Waals surface area contributed by atoms with Crippen molar-refractivity contribution in [3.05, 3.63) is 48.6 Å². The topological polar surface area (TPSA) is 67.9 Å². The lowest BCUT2D eigenvalue weighted by molar-refractivity contribution is -0.164. The molecule has 25 heavy (non-hydrogen) atoms. The highest BCUT2D eigenvalue weighted by Gasteiger charge is 2.43. The van der Waals surface area contributed by atoms with Crippen molar-refractivity contribution in [2.75, 3.05) is 19.7 Å². The van der Waals surface area contributed by atoms with Crippen molar-refractivity contribution in [1.29, 1.82) is 0 Å². The molecule has 1 amide bonds. The normalized spacial score (nSPS) is 17.4. The zero-order chi connectivity index (χ0) is 18.2. The minimum absolute atomic E-state index is 0.146. The van der Waals surface area contributed by atoms with Crippen LogP contribution < -0.4 is 5.32 Å². The van der Waals surface area contributed by atoms with Gasteiger partial charge >= 0.3 is 5.97 Å². The summed E-state index contributed by atoms with van der Waals surface area (Å²) in [5, 5.41) is 3.27. The van der Waals surface area contributed by atoms with Crippen LogP contribution in [-0.4, -0.2) is 47.7 Å². The number of ether oxygens (including phenoxy) is 2. The third-order valence-electron chi connectivity index (χ3n) is 3.82. The summed E-state index contributed by atoms with van der Waals surface area (Å²) in [6.07, 6.45) is 1.15. The van der Waals surface area contributed by atoms with Crippen molar-refractivity contribution in [3.8, 4) is 0 Å². The molecule has 1 aliphatic rings. The number of benzene rings is 1. The lowest BCUT2D eigenvalue weighted by Gasteiger charge is -2.40. The van der Waals surface area contributed by atoms with E-state index in [2.05, 4.69) is 11.9 Å². The molecule has 1 aromatic rings. The molecule has 2 rings (SSSR count). The van der Waals surface area contributed by atoms with Gasteiger partial charge in [0.05, 0.1) is 12.5 Å². The van der Waals surface area contributed by atoms with E-state index in [1.807, 2.05) is 30.3 Å². The van der Waals surface area contributed by atoms with Crippen molar-refractivity contribution in [2.24, 2.45) is 5.92 Å². The second kappa shape index (κ2) is 9.29. The van der Waals surface area contributed by atoms with E-state index < -0.39 is 12.1 Å². The number of rotatable bonds is 8. The molecule has 1 aromatic carbocycles. The van der Waals surface area contributed by atoms with Crippen LogP contribution in [0.25, 0.3) is 0 Å². The summed E-state index contributed by atoms with van der Waals surface area (Å²) >= 11 is 5.12. The van der Waals surface area contributed by atoms with Crippen LogP contribution in [0.2, 0.25) is 0 Å². The Kier molecular flexibility index (Phi) is 7.09. The molecule has 1 aliphatic heterocycles. The summed E-state index contributed by atoms with van der Waals surface area (Å²) in [5.74, 6) is -1.00. The molecule has 0 aliphatic carbocycles. The van der Waals surface area contributed by atoms with Crippen LogP contribution >= 0.6 is 12.2 Å².